The number of phenols is 2. The van der Waals surface area contributed by atoms with E-state index in [2.05, 4.69) is 0 Å². The van der Waals surface area contributed by atoms with E-state index in [4.69, 9.17) is 14.6 Å². The van der Waals surface area contributed by atoms with Crippen molar-refractivity contribution >= 4 is 18.1 Å². The molecule has 5 atom stereocenters. The predicted molar refractivity (Wildman–Crippen MR) is 100 cm³/mol. The molecule has 0 radical (unpaired) electrons. The van der Waals surface area contributed by atoms with Crippen LogP contribution in [0.15, 0.2) is 42.5 Å². The fourth-order valence-electron chi connectivity index (χ4n) is 2.85. The number of aliphatic carboxylic acids is 1. The molecule has 9 nitrogen and oxygen atoms in total. The number of ether oxygens (including phenoxy) is 2. The molecule has 0 aromatic heterocycles. The predicted octanol–water partition coefficient (Wildman–Crippen LogP) is 0.539. The molecule has 2 aromatic rings. The summed E-state index contributed by atoms with van der Waals surface area (Å²) in [6, 6.07) is 10.6. The Kier molecular flexibility index (Phi) is 6.04. The number of hydrogen-bond acceptors (Lipinski definition) is 8. The maximum Gasteiger partial charge on any atom is 0.335 e. The smallest absolute Gasteiger partial charge is 0.335 e. The molecule has 0 spiro atoms. The van der Waals surface area contributed by atoms with Gasteiger partial charge in [0.2, 0.25) is 6.29 Å². The third-order valence-electron chi connectivity index (χ3n) is 4.34. The van der Waals surface area contributed by atoms with Crippen LogP contribution in [0, 0.1) is 0 Å². The van der Waals surface area contributed by atoms with Crippen LogP contribution >= 0.6 is 0 Å². The lowest BCUT2D eigenvalue weighted by atomic mass is 9.99. The van der Waals surface area contributed by atoms with Gasteiger partial charge in [-0.05, 0) is 35.4 Å². The van der Waals surface area contributed by atoms with Crippen LogP contribution in [0.5, 0.6) is 17.2 Å². The molecule has 154 valence electrons. The van der Waals surface area contributed by atoms with Gasteiger partial charge >= 0.3 is 5.97 Å². The standard InChI is InChI=1S/C20H20O9/c21-12-7-11(8-13(22)9-12)2-1-10-3-5-14(6-4-10)28-20-17(25)15(23)16(24)18(29-20)19(26)27/h1-9,15-18,20-25H,(H,26,27)/b2-1-/t15-,16-,17+,18-,20+/m0/s1. The molecule has 9 heteroatoms. The van der Waals surface area contributed by atoms with Crippen LogP contribution in [-0.4, -0.2) is 67.3 Å². The summed E-state index contributed by atoms with van der Waals surface area (Å²) in [4.78, 5) is 11.1. The highest BCUT2D eigenvalue weighted by Crippen LogP contribution is 2.26. The zero-order valence-corrected chi connectivity index (χ0v) is 15.0. The second kappa shape index (κ2) is 8.50. The van der Waals surface area contributed by atoms with E-state index in [-0.39, 0.29) is 17.2 Å². The first kappa shape index (κ1) is 20.6. The molecule has 6 N–H and O–H groups in total. The molecule has 3 rings (SSSR count). The highest BCUT2D eigenvalue weighted by Gasteiger charge is 2.48. The van der Waals surface area contributed by atoms with Crippen LogP contribution in [0.1, 0.15) is 11.1 Å². The molecule has 1 aliphatic heterocycles. The number of aliphatic hydroxyl groups excluding tert-OH is 3. The first-order chi connectivity index (χ1) is 13.7. The topological polar surface area (TPSA) is 157 Å². The first-order valence-electron chi connectivity index (χ1n) is 8.65. The van der Waals surface area contributed by atoms with Crippen LogP contribution in [-0.2, 0) is 9.53 Å². The fraction of sp³-hybridized carbons (Fsp3) is 0.250. The summed E-state index contributed by atoms with van der Waals surface area (Å²) in [6.07, 6.45) is -4.98. The molecule has 0 saturated carbocycles. The van der Waals surface area contributed by atoms with Gasteiger partial charge in [-0.1, -0.05) is 24.3 Å². The largest absolute Gasteiger partial charge is 0.508 e. The second-order valence-corrected chi connectivity index (χ2v) is 6.54. The van der Waals surface area contributed by atoms with Gasteiger partial charge in [-0.2, -0.15) is 0 Å². The van der Waals surface area contributed by atoms with E-state index in [0.29, 0.717) is 5.56 Å². The van der Waals surface area contributed by atoms with Gasteiger partial charge in [0.05, 0.1) is 0 Å². The molecule has 0 unspecified atom stereocenters. The summed E-state index contributed by atoms with van der Waals surface area (Å²) < 4.78 is 10.5. The van der Waals surface area contributed by atoms with E-state index < -0.39 is 36.7 Å². The number of hydrogen-bond donors (Lipinski definition) is 6. The quantitative estimate of drug-likeness (QED) is 0.391. The Morgan fingerprint density at radius 2 is 1.45 bits per heavy atom. The van der Waals surface area contributed by atoms with E-state index in [0.717, 1.165) is 5.56 Å². The summed E-state index contributed by atoms with van der Waals surface area (Å²) >= 11 is 0. The first-order valence-corrected chi connectivity index (χ1v) is 8.65. The number of rotatable bonds is 5. The molecule has 0 amide bonds. The zero-order valence-electron chi connectivity index (χ0n) is 15.0. The Morgan fingerprint density at radius 1 is 0.862 bits per heavy atom. The maximum atomic E-state index is 11.1. The Bertz CT molecular complexity index is 873. The third-order valence-corrected chi connectivity index (χ3v) is 4.34. The van der Waals surface area contributed by atoms with Crippen molar-refractivity contribution in [3.8, 4) is 17.2 Å². The van der Waals surface area contributed by atoms with E-state index in [9.17, 15) is 30.3 Å². The number of carboxylic acids is 1. The van der Waals surface area contributed by atoms with Crippen molar-refractivity contribution in [1.29, 1.82) is 0 Å². The van der Waals surface area contributed by atoms with Crippen LogP contribution in [0.3, 0.4) is 0 Å². The minimum atomic E-state index is -1.79. The number of aliphatic hydroxyl groups is 3. The van der Waals surface area contributed by atoms with Gasteiger partial charge in [0, 0.05) is 6.07 Å². The number of aromatic hydroxyl groups is 2. The van der Waals surface area contributed by atoms with Crippen molar-refractivity contribution < 1.29 is 44.9 Å². The van der Waals surface area contributed by atoms with E-state index >= 15 is 0 Å². The lowest BCUT2D eigenvalue weighted by molar-refractivity contribution is -0.271. The number of benzene rings is 2. The van der Waals surface area contributed by atoms with Gasteiger partial charge < -0.3 is 40.1 Å². The van der Waals surface area contributed by atoms with Crippen molar-refractivity contribution in [3.05, 3.63) is 53.6 Å². The average Bonchev–Trinajstić information content (AvgIpc) is 2.67. The average molecular weight is 404 g/mol. The molecule has 1 heterocycles. The number of carbonyl (C=O) groups is 1. The van der Waals surface area contributed by atoms with Gasteiger partial charge in [0.1, 0.15) is 35.6 Å². The zero-order chi connectivity index (χ0) is 21.1. The van der Waals surface area contributed by atoms with Gasteiger partial charge in [-0.3, -0.25) is 0 Å². The minimum Gasteiger partial charge on any atom is -0.508 e. The molecule has 0 bridgehead atoms. The second-order valence-electron chi connectivity index (χ2n) is 6.54. The van der Waals surface area contributed by atoms with Crippen molar-refractivity contribution in [2.75, 3.05) is 0 Å². The molecule has 1 fully saturated rings. The van der Waals surface area contributed by atoms with Crippen LogP contribution in [0.25, 0.3) is 12.2 Å². The van der Waals surface area contributed by atoms with Gasteiger partial charge in [-0.15, -0.1) is 0 Å². The van der Waals surface area contributed by atoms with E-state index in [1.165, 1.54) is 18.2 Å². The molecule has 29 heavy (non-hydrogen) atoms. The van der Waals surface area contributed by atoms with Crippen molar-refractivity contribution in [2.24, 2.45) is 0 Å². The highest BCUT2D eigenvalue weighted by molar-refractivity contribution is 5.73. The van der Waals surface area contributed by atoms with Crippen LogP contribution in [0.2, 0.25) is 0 Å². The number of carboxylic acid groups (broad SMARTS) is 1. The van der Waals surface area contributed by atoms with Crippen molar-refractivity contribution in [1.82, 2.24) is 0 Å². The van der Waals surface area contributed by atoms with Gasteiger partial charge in [0.15, 0.2) is 6.10 Å². The minimum absolute atomic E-state index is 0.0635. The molecule has 2 aromatic carbocycles. The Hall–Kier alpha value is -3.11. The van der Waals surface area contributed by atoms with Crippen LogP contribution in [0.4, 0.5) is 0 Å². The summed E-state index contributed by atoms with van der Waals surface area (Å²) in [7, 11) is 0. The molecule has 1 aliphatic rings. The monoisotopic (exact) mass is 404 g/mol. The third kappa shape index (κ3) is 4.84. The summed E-state index contributed by atoms with van der Waals surface area (Å²) in [5.41, 5.74) is 1.35. The highest BCUT2D eigenvalue weighted by atomic mass is 16.7. The van der Waals surface area contributed by atoms with Crippen molar-refractivity contribution in [2.45, 2.75) is 30.7 Å². The Morgan fingerprint density at radius 3 is 2.03 bits per heavy atom. The maximum absolute atomic E-state index is 11.1. The normalized spacial score (nSPS) is 27.1. The fourth-order valence-corrected chi connectivity index (χ4v) is 2.85. The number of phenolic OH excluding ortho intramolecular Hbond substituents is 2. The molecular weight excluding hydrogens is 384 g/mol. The molecular formula is C20H20O9. The molecule has 0 aliphatic carbocycles. The summed E-state index contributed by atoms with van der Waals surface area (Å²) in [5, 5.41) is 57.5. The van der Waals surface area contributed by atoms with Gasteiger partial charge in [0.25, 0.3) is 0 Å². The Balaban J connectivity index is 1.68. The van der Waals surface area contributed by atoms with Crippen LogP contribution < -0.4 is 4.74 Å². The SMILES string of the molecule is O=C(O)[C@H]1O[C@@H](Oc2ccc(/C=C\c3cc(O)cc(O)c3)cc2)[C@H](O)[C@@H](O)[C@@H]1O. The lowest BCUT2D eigenvalue weighted by Crippen LogP contribution is -2.61. The molecule has 1 saturated heterocycles. The summed E-state index contributed by atoms with van der Waals surface area (Å²) in [5.74, 6) is -1.37. The van der Waals surface area contributed by atoms with Gasteiger partial charge in [-0.25, -0.2) is 4.79 Å². The summed E-state index contributed by atoms with van der Waals surface area (Å²) in [6.45, 7) is 0. The van der Waals surface area contributed by atoms with Crippen molar-refractivity contribution in [3.63, 3.8) is 0 Å². The Labute approximate surface area is 165 Å². The van der Waals surface area contributed by atoms with E-state index in [1.54, 1.807) is 36.4 Å². The van der Waals surface area contributed by atoms with E-state index in [1.807, 2.05) is 0 Å². The lowest BCUT2D eigenvalue weighted by Gasteiger charge is -2.38.